The smallest absolute Gasteiger partial charge is 0.220 e. The third kappa shape index (κ3) is 3.41. The summed E-state index contributed by atoms with van der Waals surface area (Å²) in [4.78, 5) is 13.4. The molecule has 0 saturated carbocycles. The number of nitrogens with zero attached hydrogens (tertiary/aromatic N) is 3. The molecule has 0 unspecified atom stereocenters. The van der Waals surface area contributed by atoms with Crippen molar-refractivity contribution in [2.24, 2.45) is 0 Å². The number of fused-ring (bicyclic) bond motifs is 1. The molecule has 0 bridgehead atoms. The Morgan fingerprint density at radius 3 is 2.50 bits per heavy atom. The first kappa shape index (κ1) is 16.6. The van der Waals surface area contributed by atoms with Crippen LogP contribution >= 0.6 is 15.9 Å². The first-order valence-electron chi connectivity index (χ1n) is 8.02. The second kappa shape index (κ2) is 6.80. The molecule has 4 nitrogen and oxygen atoms in total. The number of aromatic nitrogens is 3. The third-order valence-electron chi connectivity index (χ3n) is 4.03. The highest BCUT2D eigenvalue weighted by Gasteiger charge is 2.11. The predicted molar refractivity (Wildman–Crippen MR) is 104 cm³/mol. The van der Waals surface area contributed by atoms with Gasteiger partial charge in [-0.2, -0.15) is 0 Å². The number of anilines is 1. The fraction of sp³-hybridized carbons (Fsp3) is 0.0500. The van der Waals surface area contributed by atoms with E-state index >= 15 is 0 Å². The largest absolute Gasteiger partial charge is 0.368 e. The molecule has 0 atom stereocenters. The Morgan fingerprint density at radius 1 is 0.923 bits per heavy atom. The van der Waals surface area contributed by atoms with Gasteiger partial charge in [0.1, 0.15) is 11.3 Å². The van der Waals surface area contributed by atoms with E-state index in [0.29, 0.717) is 17.5 Å². The van der Waals surface area contributed by atoms with Crippen LogP contribution < -0.4 is 5.73 Å². The van der Waals surface area contributed by atoms with Gasteiger partial charge in [0, 0.05) is 16.5 Å². The molecule has 0 radical (unpaired) electrons. The second-order valence-electron chi connectivity index (χ2n) is 5.91. The number of hydrogen-bond donors (Lipinski definition) is 1. The minimum atomic E-state index is -0.277. The Hall–Kier alpha value is -2.86. The van der Waals surface area contributed by atoms with Gasteiger partial charge in [-0.05, 0) is 54.1 Å². The molecule has 0 aliphatic heterocycles. The number of pyridine rings is 1. The van der Waals surface area contributed by atoms with Gasteiger partial charge in [-0.25, -0.2) is 19.3 Å². The van der Waals surface area contributed by atoms with Crippen LogP contribution in [0.1, 0.15) is 11.3 Å². The van der Waals surface area contributed by atoms with Crippen molar-refractivity contribution in [2.45, 2.75) is 6.42 Å². The minimum absolute atomic E-state index is 0.221. The van der Waals surface area contributed by atoms with Crippen molar-refractivity contribution in [3.05, 3.63) is 82.2 Å². The van der Waals surface area contributed by atoms with E-state index in [-0.39, 0.29) is 11.8 Å². The lowest BCUT2D eigenvalue weighted by molar-refractivity contribution is 0.628. The molecule has 2 heterocycles. The molecule has 4 aromatic rings. The van der Waals surface area contributed by atoms with Gasteiger partial charge < -0.3 is 5.73 Å². The maximum absolute atomic E-state index is 13.2. The SMILES string of the molecule is Nc1nc(Cc2cccc(Br)c2)c2nc(-c3ccc(F)cc3)ccc2n1. The monoisotopic (exact) mass is 408 g/mol. The van der Waals surface area contributed by atoms with Crippen LogP contribution in [0.4, 0.5) is 10.3 Å². The van der Waals surface area contributed by atoms with E-state index < -0.39 is 0 Å². The maximum atomic E-state index is 13.2. The van der Waals surface area contributed by atoms with Crippen molar-refractivity contribution in [2.75, 3.05) is 5.73 Å². The molecule has 2 aromatic heterocycles. The molecule has 128 valence electrons. The molecule has 0 saturated heterocycles. The van der Waals surface area contributed by atoms with E-state index in [2.05, 4.69) is 25.9 Å². The Kier molecular flexibility index (Phi) is 4.34. The Morgan fingerprint density at radius 2 is 1.73 bits per heavy atom. The van der Waals surface area contributed by atoms with Gasteiger partial charge in [0.05, 0.1) is 16.9 Å². The summed E-state index contributed by atoms with van der Waals surface area (Å²) in [5, 5.41) is 0. The number of hydrogen-bond acceptors (Lipinski definition) is 4. The van der Waals surface area contributed by atoms with Crippen LogP contribution in [0.3, 0.4) is 0 Å². The normalized spacial score (nSPS) is 11.0. The first-order valence-corrected chi connectivity index (χ1v) is 8.81. The zero-order chi connectivity index (χ0) is 18.1. The van der Waals surface area contributed by atoms with E-state index in [1.807, 2.05) is 36.4 Å². The lowest BCUT2D eigenvalue weighted by Crippen LogP contribution is -2.03. The van der Waals surface area contributed by atoms with Crippen LogP contribution in [0.15, 0.2) is 65.1 Å². The fourth-order valence-corrected chi connectivity index (χ4v) is 3.29. The summed E-state index contributed by atoms with van der Waals surface area (Å²) in [6, 6.07) is 18.0. The Balaban J connectivity index is 1.83. The van der Waals surface area contributed by atoms with E-state index in [1.165, 1.54) is 12.1 Å². The average Bonchev–Trinajstić information content (AvgIpc) is 2.62. The van der Waals surface area contributed by atoms with E-state index in [9.17, 15) is 4.39 Å². The molecule has 0 amide bonds. The number of nitrogens with two attached hydrogens (primary N) is 1. The van der Waals surface area contributed by atoms with Gasteiger partial charge in [-0.1, -0.05) is 28.1 Å². The Labute approximate surface area is 158 Å². The van der Waals surface area contributed by atoms with Crippen molar-refractivity contribution >= 4 is 32.9 Å². The summed E-state index contributed by atoms with van der Waals surface area (Å²) in [7, 11) is 0. The molecule has 0 aliphatic rings. The lowest BCUT2D eigenvalue weighted by atomic mass is 10.1. The number of rotatable bonds is 3. The zero-order valence-electron chi connectivity index (χ0n) is 13.7. The molecular weight excluding hydrogens is 395 g/mol. The van der Waals surface area contributed by atoms with Crippen molar-refractivity contribution in [3.8, 4) is 11.3 Å². The van der Waals surface area contributed by atoms with Crippen LogP contribution in [-0.2, 0) is 6.42 Å². The number of nitrogen functional groups attached to an aromatic ring is 1. The van der Waals surface area contributed by atoms with Crippen LogP contribution in [0, 0.1) is 5.82 Å². The molecule has 2 N–H and O–H groups in total. The van der Waals surface area contributed by atoms with Gasteiger partial charge >= 0.3 is 0 Å². The standard InChI is InChI=1S/C20H14BrFN4/c21-14-3-1-2-12(10-14)11-18-19-17(25-20(23)26-18)9-8-16(24-19)13-4-6-15(22)7-5-13/h1-10H,11H2,(H2,23,25,26). The fourth-order valence-electron chi connectivity index (χ4n) is 2.84. The zero-order valence-corrected chi connectivity index (χ0v) is 15.2. The average molecular weight is 409 g/mol. The summed E-state index contributed by atoms with van der Waals surface area (Å²) in [6.07, 6.45) is 0.586. The highest BCUT2D eigenvalue weighted by Crippen LogP contribution is 2.24. The highest BCUT2D eigenvalue weighted by atomic mass is 79.9. The molecule has 0 spiro atoms. The number of halogens is 2. The van der Waals surface area contributed by atoms with Gasteiger partial charge in [0.2, 0.25) is 5.95 Å². The predicted octanol–water partition coefficient (Wildman–Crippen LogP) is 4.77. The summed E-state index contributed by atoms with van der Waals surface area (Å²) in [5.41, 5.74) is 10.7. The van der Waals surface area contributed by atoms with Gasteiger partial charge in [0.25, 0.3) is 0 Å². The third-order valence-corrected chi connectivity index (χ3v) is 4.53. The van der Waals surface area contributed by atoms with Crippen molar-refractivity contribution in [3.63, 3.8) is 0 Å². The molecule has 4 rings (SSSR count). The summed E-state index contributed by atoms with van der Waals surface area (Å²) in [6.45, 7) is 0. The molecule has 0 fully saturated rings. The van der Waals surface area contributed by atoms with Crippen LogP contribution in [0.2, 0.25) is 0 Å². The van der Waals surface area contributed by atoms with Gasteiger partial charge in [-0.15, -0.1) is 0 Å². The lowest BCUT2D eigenvalue weighted by Gasteiger charge is -2.09. The second-order valence-corrected chi connectivity index (χ2v) is 6.82. The first-order chi connectivity index (χ1) is 12.6. The molecule has 2 aromatic carbocycles. The van der Waals surface area contributed by atoms with Crippen molar-refractivity contribution < 1.29 is 4.39 Å². The maximum Gasteiger partial charge on any atom is 0.220 e. The topological polar surface area (TPSA) is 64.7 Å². The molecule has 0 aliphatic carbocycles. The van der Waals surface area contributed by atoms with Crippen LogP contribution in [0.5, 0.6) is 0 Å². The summed E-state index contributed by atoms with van der Waals surface area (Å²) in [5.74, 6) is -0.0557. The molecule has 6 heteroatoms. The minimum Gasteiger partial charge on any atom is -0.368 e. The molecule has 26 heavy (non-hydrogen) atoms. The quantitative estimate of drug-likeness (QED) is 0.530. The number of benzene rings is 2. The van der Waals surface area contributed by atoms with E-state index in [0.717, 1.165) is 27.0 Å². The summed E-state index contributed by atoms with van der Waals surface area (Å²) < 4.78 is 14.2. The van der Waals surface area contributed by atoms with Crippen LogP contribution in [0.25, 0.3) is 22.3 Å². The highest BCUT2D eigenvalue weighted by molar-refractivity contribution is 9.10. The van der Waals surface area contributed by atoms with E-state index in [1.54, 1.807) is 12.1 Å². The van der Waals surface area contributed by atoms with Crippen molar-refractivity contribution in [1.82, 2.24) is 15.0 Å². The van der Waals surface area contributed by atoms with Crippen molar-refractivity contribution in [1.29, 1.82) is 0 Å². The Bertz CT molecular complexity index is 1100. The van der Waals surface area contributed by atoms with Crippen LogP contribution in [-0.4, -0.2) is 15.0 Å². The van der Waals surface area contributed by atoms with E-state index in [4.69, 9.17) is 10.7 Å². The van der Waals surface area contributed by atoms with Gasteiger partial charge in [0.15, 0.2) is 0 Å². The molecular formula is C20H14BrFN4. The van der Waals surface area contributed by atoms with Gasteiger partial charge in [-0.3, -0.25) is 0 Å². The summed E-state index contributed by atoms with van der Waals surface area (Å²) >= 11 is 3.48.